The van der Waals surface area contributed by atoms with Crippen LogP contribution in [-0.2, 0) is 9.59 Å². The number of ether oxygens (including phenoxy) is 1. The van der Waals surface area contributed by atoms with Crippen LogP contribution in [-0.4, -0.2) is 17.9 Å². The molecular formula is C29H30N2O3. The van der Waals surface area contributed by atoms with E-state index in [2.05, 4.69) is 5.32 Å². The van der Waals surface area contributed by atoms with E-state index < -0.39 is 0 Å². The minimum Gasteiger partial charge on any atom is -0.491 e. The van der Waals surface area contributed by atoms with Gasteiger partial charge in [0.1, 0.15) is 11.4 Å². The predicted octanol–water partition coefficient (Wildman–Crippen LogP) is 6.10. The first-order valence-corrected chi connectivity index (χ1v) is 11.5. The number of benzene rings is 3. The second-order valence-corrected chi connectivity index (χ2v) is 9.10. The molecule has 0 radical (unpaired) electrons. The van der Waals surface area contributed by atoms with Crippen LogP contribution in [0.4, 0.5) is 11.4 Å². The van der Waals surface area contributed by atoms with Crippen molar-refractivity contribution in [1.82, 2.24) is 0 Å². The second kappa shape index (κ2) is 9.18. The van der Waals surface area contributed by atoms with Crippen LogP contribution in [0, 0.1) is 27.7 Å². The van der Waals surface area contributed by atoms with Gasteiger partial charge < -0.3 is 10.1 Å². The Kier molecular flexibility index (Phi) is 6.29. The van der Waals surface area contributed by atoms with E-state index in [1.807, 2.05) is 102 Å². The number of rotatable bonds is 6. The standard InChI is InChI=1S/C29H30N2O3/c1-17(2)34-24-12-10-23(11-13-24)30-27-26(22-9-8-19(4)20(5)16-22)28(32)31(29(27)33)25-14-7-18(3)15-21(25)6/h7-17,30H,1-6H3. The third kappa shape index (κ3) is 4.46. The van der Waals surface area contributed by atoms with E-state index in [-0.39, 0.29) is 23.6 Å². The van der Waals surface area contributed by atoms with Crippen LogP contribution in [0.2, 0.25) is 0 Å². The monoisotopic (exact) mass is 454 g/mol. The lowest BCUT2D eigenvalue weighted by Gasteiger charge is -2.18. The molecule has 1 aliphatic rings. The van der Waals surface area contributed by atoms with E-state index in [0.29, 0.717) is 16.9 Å². The number of nitrogens with one attached hydrogen (secondary N) is 1. The van der Waals surface area contributed by atoms with Gasteiger partial charge in [0.15, 0.2) is 0 Å². The number of imide groups is 1. The van der Waals surface area contributed by atoms with E-state index in [1.165, 1.54) is 4.90 Å². The summed E-state index contributed by atoms with van der Waals surface area (Å²) in [6.45, 7) is 11.9. The molecule has 174 valence electrons. The number of hydrogen-bond donors (Lipinski definition) is 1. The van der Waals surface area contributed by atoms with Gasteiger partial charge in [-0.25, -0.2) is 4.90 Å². The summed E-state index contributed by atoms with van der Waals surface area (Å²) in [6.07, 6.45) is 0.0678. The molecule has 5 nitrogen and oxygen atoms in total. The molecule has 1 aliphatic heterocycles. The summed E-state index contributed by atoms with van der Waals surface area (Å²) in [6, 6.07) is 19.0. The molecule has 3 aromatic carbocycles. The first kappa shape index (κ1) is 23.3. The van der Waals surface area contributed by atoms with Crippen molar-refractivity contribution >= 4 is 28.8 Å². The molecule has 34 heavy (non-hydrogen) atoms. The first-order valence-electron chi connectivity index (χ1n) is 11.5. The van der Waals surface area contributed by atoms with E-state index in [9.17, 15) is 9.59 Å². The van der Waals surface area contributed by atoms with Crippen molar-refractivity contribution in [3.05, 3.63) is 94.2 Å². The fourth-order valence-corrected chi connectivity index (χ4v) is 4.12. The third-order valence-electron chi connectivity index (χ3n) is 5.97. The zero-order chi connectivity index (χ0) is 24.6. The minimum atomic E-state index is -0.368. The zero-order valence-corrected chi connectivity index (χ0v) is 20.5. The van der Waals surface area contributed by atoms with Crippen LogP contribution in [0.15, 0.2) is 66.4 Å². The summed E-state index contributed by atoms with van der Waals surface area (Å²) in [7, 11) is 0. The highest BCUT2D eigenvalue weighted by Crippen LogP contribution is 2.36. The molecule has 5 heteroatoms. The third-order valence-corrected chi connectivity index (χ3v) is 5.97. The Labute approximate surface area is 201 Å². The topological polar surface area (TPSA) is 58.6 Å². The molecule has 0 aliphatic carbocycles. The highest BCUT2D eigenvalue weighted by atomic mass is 16.5. The summed E-state index contributed by atoms with van der Waals surface area (Å²) in [4.78, 5) is 28.7. The van der Waals surface area contributed by atoms with E-state index in [4.69, 9.17) is 4.74 Å². The molecule has 0 aromatic heterocycles. The summed E-state index contributed by atoms with van der Waals surface area (Å²) in [5, 5.41) is 3.23. The number of aryl methyl sites for hydroxylation is 4. The van der Waals surface area contributed by atoms with Crippen LogP contribution < -0.4 is 15.0 Å². The lowest BCUT2D eigenvalue weighted by Crippen LogP contribution is -2.33. The maximum Gasteiger partial charge on any atom is 0.282 e. The quantitative estimate of drug-likeness (QED) is 0.457. The van der Waals surface area contributed by atoms with Crippen LogP contribution in [0.25, 0.3) is 5.57 Å². The molecule has 4 rings (SSSR count). The lowest BCUT2D eigenvalue weighted by molar-refractivity contribution is -0.120. The molecule has 1 heterocycles. The van der Waals surface area contributed by atoms with Gasteiger partial charge in [-0.15, -0.1) is 0 Å². The lowest BCUT2D eigenvalue weighted by atomic mass is 9.99. The highest BCUT2D eigenvalue weighted by molar-refractivity contribution is 6.46. The molecule has 0 fully saturated rings. The van der Waals surface area contributed by atoms with Crippen molar-refractivity contribution < 1.29 is 14.3 Å². The predicted molar refractivity (Wildman–Crippen MR) is 137 cm³/mol. The maximum atomic E-state index is 13.7. The first-order chi connectivity index (χ1) is 16.2. The number of carbonyl (C=O) groups excluding carboxylic acids is 2. The number of anilines is 2. The Morgan fingerprint density at radius 3 is 2.09 bits per heavy atom. The molecule has 0 saturated heterocycles. The fraction of sp³-hybridized carbons (Fsp3) is 0.241. The van der Waals surface area contributed by atoms with Gasteiger partial charge in [0.05, 0.1) is 17.4 Å². The molecular weight excluding hydrogens is 424 g/mol. The molecule has 1 N–H and O–H groups in total. The molecule has 0 saturated carbocycles. The maximum absolute atomic E-state index is 13.7. The van der Waals surface area contributed by atoms with Gasteiger partial charge in [-0.3, -0.25) is 9.59 Å². The average molecular weight is 455 g/mol. The van der Waals surface area contributed by atoms with E-state index in [1.54, 1.807) is 0 Å². The number of hydrogen-bond acceptors (Lipinski definition) is 4. The van der Waals surface area contributed by atoms with Gasteiger partial charge in [0.2, 0.25) is 0 Å². The molecule has 2 amide bonds. The summed E-state index contributed by atoms with van der Waals surface area (Å²) in [5.41, 5.74) is 6.79. The number of nitrogens with zero attached hydrogens (tertiary/aromatic N) is 1. The fourth-order valence-electron chi connectivity index (χ4n) is 4.12. The summed E-state index contributed by atoms with van der Waals surface area (Å²) < 4.78 is 5.72. The Balaban J connectivity index is 1.79. The van der Waals surface area contributed by atoms with Gasteiger partial charge >= 0.3 is 0 Å². The Hall–Kier alpha value is -3.86. The van der Waals surface area contributed by atoms with E-state index >= 15 is 0 Å². The Morgan fingerprint density at radius 1 is 0.765 bits per heavy atom. The van der Waals surface area contributed by atoms with Gasteiger partial charge in [0, 0.05) is 5.69 Å². The van der Waals surface area contributed by atoms with Crippen LogP contribution in [0.1, 0.15) is 41.7 Å². The summed E-state index contributed by atoms with van der Waals surface area (Å²) in [5.74, 6) is 0.0461. The zero-order valence-electron chi connectivity index (χ0n) is 20.5. The largest absolute Gasteiger partial charge is 0.491 e. The van der Waals surface area contributed by atoms with Crippen LogP contribution in [0.3, 0.4) is 0 Å². The van der Waals surface area contributed by atoms with Crippen molar-refractivity contribution in [2.24, 2.45) is 0 Å². The molecule has 0 unspecified atom stereocenters. The van der Waals surface area contributed by atoms with Crippen molar-refractivity contribution in [2.75, 3.05) is 10.2 Å². The van der Waals surface area contributed by atoms with Crippen molar-refractivity contribution in [1.29, 1.82) is 0 Å². The Bertz CT molecular complexity index is 1300. The van der Waals surface area contributed by atoms with Crippen LogP contribution in [0.5, 0.6) is 5.75 Å². The van der Waals surface area contributed by atoms with Gasteiger partial charge in [0.25, 0.3) is 11.8 Å². The average Bonchev–Trinajstić information content (AvgIpc) is 3.01. The van der Waals surface area contributed by atoms with Gasteiger partial charge in [-0.2, -0.15) is 0 Å². The summed E-state index contributed by atoms with van der Waals surface area (Å²) >= 11 is 0. The van der Waals surface area contributed by atoms with Gasteiger partial charge in [-0.1, -0.05) is 35.9 Å². The molecule has 3 aromatic rings. The Morgan fingerprint density at radius 2 is 1.47 bits per heavy atom. The highest BCUT2D eigenvalue weighted by Gasteiger charge is 2.40. The number of carbonyl (C=O) groups is 2. The molecule has 0 bridgehead atoms. The van der Waals surface area contributed by atoms with E-state index in [0.717, 1.165) is 33.6 Å². The number of amides is 2. The van der Waals surface area contributed by atoms with Crippen molar-refractivity contribution in [3.8, 4) is 5.75 Å². The smallest absolute Gasteiger partial charge is 0.282 e. The van der Waals surface area contributed by atoms with Crippen molar-refractivity contribution in [3.63, 3.8) is 0 Å². The normalized spacial score (nSPS) is 13.8. The minimum absolute atomic E-state index is 0.0678. The van der Waals surface area contributed by atoms with Gasteiger partial charge in [-0.05, 0) is 94.1 Å². The SMILES string of the molecule is Cc1ccc(N2C(=O)C(Nc3ccc(OC(C)C)cc3)=C(c3ccc(C)c(C)c3)C2=O)c(C)c1. The van der Waals surface area contributed by atoms with Crippen LogP contribution >= 0.6 is 0 Å². The molecule has 0 spiro atoms. The second-order valence-electron chi connectivity index (χ2n) is 9.10. The van der Waals surface area contributed by atoms with Crippen molar-refractivity contribution in [2.45, 2.75) is 47.6 Å². The molecule has 0 atom stereocenters.